The Morgan fingerprint density at radius 3 is 3.27 bits per heavy atom. The molecule has 2 rings (SSSR count). The summed E-state index contributed by atoms with van der Waals surface area (Å²) in [7, 11) is 0. The van der Waals surface area contributed by atoms with Gasteiger partial charge >= 0.3 is 0 Å². The Hall–Kier alpha value is -1.33. The molecule has 1 aliphatic rings. The van der Waals surface area contributed by atoms with Crippen LogP contribution in [0.5, 0.6) is 0 Å². The third kappa shape index (κ3) is 2.81. The van der Waals surface area contributed by atoms with E-state index in [1.807, 2.05) is 6.07 Å². The van der Waals surface area contributed by atoms with Crippen molar-refractivity contribution < 1.29 is 13.9 Å². The Morgan fingerprint density at radius 1 is 1.67 bits per heavy atom. The van der Waals surface area contributed by atoms with E-state index in [-0.39, 0.29) is 11.9 Å². The molecule has 82 valence electrons. The third-order valence-corrected chi connectivity index (χ3v) is 2.28. The minimum Gasteiger partial charge on any atom is -0.472 e. The monoisotopic (exact) mass is 210 g/mol. The van der Waals surface area contributed by atoms with E-state index in [4.69, 9.17) is 9.15 Å². The van der Waals surface area contributed by atoms with Gasteiger partial charge in [0.15, 0.2) is 0 Å². The van der Waals surface area contributed by atoms with Gasteiger partial charge in [-0.15, -0.1) is 0 Å². The van der Waals surface area contributed by atoms with Crippen LogP contribution >= 0.6 is 0 Å². The van der Waals surface area contributed by atoms with Crippen molar-refractivity contribution in [1.82, 2.24) is 10.6 Å². The fraction of sp³-hybridized carbons (Fsp3) is 0.500. The maximum Gasteiger partial charge on any atom is 0.239 e. The van der Waals surface area contributed by atoms with Crippen molar-refractivity contribution in [1.29, 1.82) is 0 Å². The summed E-state index contributed by atoms with van der Waals surface area (Å²) in [5, 5.41) is 5.90. The van der Waals surface area contributed by atoms with Gasteiger partial charge in [0, 0.05) is 18.7 Å². The van der Waals surface area contributed by atoms with Gasteiger partial charge in [-0.2, -0.15) is 0 Å². The Morgan fingerprint density at radius 2 is 2.60 bits per heavy atom. The highest BCUT2D eigenvalue weighted by atomic mass is 16.5. The Bertz CT molecular complexity index is 304. The number of carbonyl (C=O) groups is 1. The molecule has 2 heterocycles. The number of amides is 1. The van der Waals surface area contributed by atoms with Crippen molar-refractivity contribution in [2.45, 2.75) is 12.6 Å². The number of ether oxygens (including phenoxy) is 1. The molecule has 1 unspecified atom stereocenters. The van der Waals surface area contributed by atoms with Gasteiger partial charge < -0.3 is 19.8 Å². The topological polar surface area (TPSA) is 63.5 Å². The summed E-state index contributed by atoms with van der Waals surface area (Å²) in [6.45, 7) is 2.33. The quantitative estimate of drug-likeness (QED) is 0.730. The number of nitrogens with one attached hydrogen (secondary N) is 2. The molecule has 1 amide bonds. The smallest absolute Gasteiger partial charge is 0.239 e. The van der Waals surface area contributed by atoms with Gasteiger partial charge in [0.1, 0.15) is 6.04 Å². The van der Waals surface area contributed by atoms with E-state index in [1.54, 1.807) is 12.5 Å². The van der Waals surface area contributed by atoms with Crippen LogP contribution in [0.3, 0.4) is 0 Å². The number of rotatable bonds is 3. The van der Waals surface area contributed by atoms with Gasteiger partial charge in [0.25, 0.3) is 0 Å². The van der Waals surface area contributed by atoms with Crippen LogP contribution in [-0.4, -0.2) is 31.7 Å². The second kappa shape index (κ2) is 4.95. The molecule has 1 aromatic rings. The summed E-state index contributed by atoms with van der Waals surface area (Å²) in [6, 6.07) is 1.59. The first-order valence-corrected chi connectivity index (χ1v) is 4.96. The molecule has 0 spiro atoms. The number of morpholine rings is 1. The van der Waals surface area contributed by atoms with Crippen molar-refractivity contribution in [2.24, 2.45) is 0 Å². The minimum absolute atomic E-state index is 0.0316. The lowest BCUT2D eigenvalue weighted by Crippen LogP contribution is -2.51. The van der Waals surface area contributed by atoms with E-state index in [2.05, 4.69) is 10.6 Å². The second-order valence-corrected chi connectivity index (χ2v) is 3.43. The maximum absolute atomic E-state index is 11.6. The molecule has 0 bridgehead atoms. The molecule has 0 aliphatic carbocycles. The first-order valence-electron chi connectivity index (χ1n) is 4.96. The molecule has 0 aromatic carbocycles. The molecule has 5 heteroatoms. The van der Waals surface area contributed by atoms with Gasteiger partial charge in [-0.05, 0) is 6.07 Å². The van der Waals surface area contributed by atoms with Gasteiger partial charge in [-0.1, -0.05) is 0 Å². The van der Waals surface area contributed by atoms with Crippen LogP contribution < -0.4 is 10.6 Å². The fourth-order valence-electron chi connectivity index (χ4n) is 1.44. The lowest BCUT2D eigenvalue weighted by molar-refractivity contribution is -0.126. The molecular formula is C10H14N2O3. The van der Waals surface area contributed by atoms with Crippen LogP contribution in [0.1, 0.15) is 5.56 Å². The van der Waals surface area contributed by atoms with Crippen molar-refractivity contribution in [3.63, 3.8) is 0 Å². The zero-order chi connectivity index (χ0) is 10.5. The molecule has 0 saturated carbocycles. The summed E-state index contributed by atoms with van der Waals surface area (Å²) in [4.78, 5) is 11.6. The lowest BCUT2D eigenvalue weighted by atomic mass is 10.2. The predicted molar refractivity (Wildman–Crippen MR) is 53.2 cm³/mol. The molecule has 15 heavy (non-hydrogen) atoms. The van der Waals surface area contributed by atoms with Crippen LogP contribution in [0.2, 0.25) is 0 Å². The summed E-state index contributed by atoms with van der Waals surface area (Å²) in [6.07, 6.45) is 3.20. The lowest BCUT2D eigenvalue weighted by Gasteiger charge is -2.22. The SMILES string of the molecule is O=C(NCc1ccoc1)C1COCCN1. The van der Waals surface area contributed by atoms with Gasteiger partial charge in [-0.3, -0.25) is 4.79 Å². The van der Waals surface area contributed by atoms with E-state index < -0.39 is 0 Å². The van der Waals surface area contributed by atoms with Crippen LogP contribution in [0.15, 0.2) is 23.0 Å². The average Bonchev–Trinajstić information content (AvgIpc) is 2.80. The highest BCUT2D eigenvalue weighted by Gasteiger charge is 2.20. The zero-order valence-electron chi connectivity index (χ0n) is 8.36. The standard InChI is InChI=1S/C10H14N2O3/c13-10(9-7-15-4-2-11-9)12-5-8-1-3-14-6-8/h1,3,6,9,11H,2,4-5,7H2,(H,12,13). The van der Waals surface area contributed by atoms with Gasteiger partial charge in [0.2, 0.25) is 5.91 Å². The Labute approximate surface area is 87.8 Å². The van der Waals surface area contributed by atoms with Crippen molar-refractivity contribution in [2.75, 3.05) is 19.8 Å². The van der Waals surface area contributed by atoms with Crippen molar-refractivity contribution in [3.8, 4) is 0 Å². The van der Waals surface area contributed by atoms with Crippen LogP contribution in [0, 0.1) is 0 Å². The Balaban J connectivity index is 1.76. The molecule has 1 saturated heterocycles. The Kier molecular flexibility index (Phi) is 3.37. The molecular weight excluding hydrogens is 196 g/mol. The molecule has 5 nitrogen and oxygen atoms in total. The highest BCUT2D eigenvalue weighted by Crippen LogP contribution is 1.99. The number of furan rings is 1. The molecule has 2 N–H and O–H groups in total. The summed E-state index contributed by atoms with van der Waals surface area (Å²) in [5.41, 5.74) is 0.958. The van der Waals surface area contributed by atoms with E-state index in [9.17, 15) is 4.79 Å². The van der Waals surface area contributed by atoms with Gasteiger partial charge in [-0.25, -0.2) is 0 Å². The first kappa shape index (κ1) is 10.2. The molecule has 1 aromatic heterocycles. The average molecular weight is 210 g/mol. The summed E-state index contributed by atoms with van der Waals surface area (Å²) in [5.74, 6) is -0.0316. The zero-order valence-corrected chi connectivity index (χ0v) is 8.36. The van der Waals surface area contributed by atoms with Crippen molar-refractivity contribution in [3.05, 3.63) is 24.2 Å². The van der Waals surface area contributed by atoms with Crippen LogP contribution in [0.25, 0.3) is 0 Å². The second-order valence-electron chi connectivity index (χ2n) is 3.43. The van der Waals surface area contributed by atoms with E-state index in [1.165, 1.54) is 0 Å². The van der Waals surface area contributed by atoms with Crippen LogP contribution in [0.4, 0.5) is 0 Å². The normalized spacial score (nSPS) is 21.2. The van der Waals surface area contributed by atoms with E-state index >= 15 is 0 Å². The number of hydrogen-bond donors (Lipinski definition) is 2. The van der Waals surface area contributed by atoms with E-state index in [0.29, 0.717) is 19.8 Å². The first-order chi connectivity index (χ1) is 7.36. The van der Waals surface area contributed by atoms with E-state index in [0.717, 1.165) is 12.1 Å². The number of carbonyl (C=O) groups excluding carboxylic acids is 1. The van der Waals surface area contributed by atoms with Crippen LogP contribution in [-0.2, 0) is 16.1 Å². The molecule has 0 radical (unpaired) electrons. The largest absolute Gasteiger partial charge is 0.472 e. The predicted octanol–water partition coefficient (Wildman–Crippen LogP) is -0.116. The number of hydrogen-bond acceptors (Lipinski definition) is 4. The summed E-state index contributed by atoms with van der Waals surface area (Å²) < 4.78 is 10.1. The molecule has 1 fully saturated rings. The van der Waals surface area contributed by atoms with Gasteiger partial charge in [0.05, 0.1) is 25.7 Å². The minimum atomic E-state index is -0.231. The fourth-order valence-corrected chi connectivity index (χ4v) is 1.44. The third-order valence-electron chi connectivity index (χ3n) is 2.28. The summed E-state index contributed by atoms with van der Waals surface area (Å²) >= 11 is 0. The maximum atomic E-state index is 11.6. The molecule has 1 aliphatic heterocycles. The molecule has 1 atom stereocenters. The van der Waals surface area contributed by atoms with Crippen molar-refractivity contribution >= 4 is 5.91 Å². The highest BCUT2D eigenvalue weighted by molar-refractivity contribution is 5.81.